The minimum absolute atomic E-state index is 0.0524. The summed E-state index contributed by atoms with van der Waals surface area (Å²) in [4.78, 5) is 26.0. The van der Waals surface area contributed by atoms with E-state index >= 15 is 0 Å². The van der Waals surface area contributed by atoms with Gasteiger partial charge in [0.2, 0.25) is 5.91 Å². The highest BCUT2D eigenvalue weighted by Crippen LogP contribution is 2.17. The summed E-state index contributed by atoms with van der Waals surface area (Å²) < 4.78 is 5.88. The van der Waals surface area contributed by atoms with E-state index in [0.717, 1.165) is 103 Å². The highest BCUT2D eigenvalue weighted by molar-refractivity contribution is 5.77. The van der Waals surface area contributed by atoms with Gasteiger partial charge in [-0.2, -0.15) is 0 Å². The zero-order chi connectivity index (χ0) is 42.4. The van der Waals surface area contributed by atoms with Gasteiger partial charge >= 0.3 is 5.97 Å². The van der Waals surface area contributed by atoms with Crippen molar-refractivity contribution in [2.24, 2.45) is 0 Å². The molecule has 3 N–H and O–H groups in total. The quantitative estimate of drug-likeness (QED) is 0.0247. The number of unbranched alkanes of at least 4 members (excludes halogenated alkanes) is 22. The lowest BCUT2D eigenvalue weighted by molar-refractivity contribution is -0.151. The summed E-state index contributed by atoms with van der Waals surface area (Å²) in [7, 11) is 0. The second-order valence-electron chi connectivity index (χ2n) is 16.3. The fourth-order valence-electron chi connectivity index (χ4n) is 6.93. The Morgan fingerprint density at radius 3 is 1.50 bits per heavy atom. The standard InChI is InChI=1S/C52H91NO5/c1-4-7-10-13-16-19-21-23-24-25-26-27-29-31-33-36-39-42-45-52(57)58-48(43-40-37-34-18-15-12-9-6-3)46-51(56)53-49(47-54)50(55)44-41-38-35-32-30-28-22-20-17-14-11-8-5-2/h10,12-13,15-16,19,21,23-27,48-50,54-55H,4-9,11,14,17-18,20,22,28-47H2,1-3H3,(H,53,56)/b13-10+,15-12-,19-16+,23-21+,25-24+,27-26+. The molecular weight excluding hydrogens is 719 g/mol. The van der Waals surface area contributed by atoms with Crippen LogP contribution < -0.4 is 5.32 Å². The molecule has 0 bridgehead atoms. The van der Waals surface area contributed by atoms with Crippen LogP contribution in [0.2, 0.25) is 0 Å². The molecule has 3 unspecified atom stereocenters. The maximum absolute atomic E-state index is 13.1. The van der Waals surface area contributed by atoms with Gasteiger partial charge < -0.3 is 20.3 Å². The molecule has 334 valence electrons. The topological polar surface area (TPSA) is 95.9 Å². The van der Waals surface area contributed by atoms with E-state index in [1.807, 2.05) is 24.3 Å². The fourth-order valence-corrected chi connectivity index (χ4v) is 6.93. The Kier molecular flexibility index (Phi) is 43.3. The third kappa shape index (κ3) is 40.1. The number of hydrogen-bond donors (Lipinski definition) is 3. The van der Waals surface area contributed by atoms with Crippen molar-refractivity contribution in [2.75, 3.05) is 6.61 Å². The van der Waals surface area contributed by atoms with Crippen molar-refractivity contribution < 1.29 is 24.5 Å². The Bertz CT molecular complexity index is 1090. The number of rotatable bonds is 42. The Hall–Kier alpha value is -2.70. The molecule has 0 aromatic rings. The molecule has 0 aliphatic carbocycles. The molecular formula is C52H91NO5. The number of aliphatic hydroxyl groups excluding tert-OH is 2. The van der Waals surface area contributed by atoms with Crippen molar-refractivity contribution in [3.63, 3.8) is 0 Å². The lowest BCUT2D eigenvalue weighted by Gasteiger charge is -2.24. The van der Waals surface area contributed by atoms with Gasteiger partial charge in [0.25, 0.3) is 0 Å². The van der Waals surface area contributed by atoms with Gasteiger partial charge in [0.1, 0.15) is 6.10 Å². The van der Waals surface area contributed by atoms with E-state index in [2.05, 4.69) is 74.7 Å². The number of amides is 1. The normalized spacial score (nSPS) is 13.9. The van der Waals surface area contributed by atoms with Crippen LogP contribution in [0.1, 0.15) is 220 Å². The fraction of sp³-hybridized carbons (Fsp3) is 0.731. The number of carbonyl (C=O) groups is 2. The van der Waals surface area contributed by atoms with Crippen LogP contribution in [0.4, 0.5) is 0 Å². The molecule has 6 heteroatoms. The number of ether oxygens (including phenoxy) is 1. The Balaban J connectivity index is 4.51. The summed E-state index contributed by atoms with van der Waals surface area (Å²) in [5, 5.41) is 23.7. The Morgan fingerprint density at radius 2 is 0.931 bits per heavy atom. The monoisotopic (exact) mass is 810 g/mol. The lowest BCUT2D eigenvalue weighted by Crippen LogP contribution is -2.46. The minimum atomic E-state index is -0.797. The van der Waals surface area contributed by atoms with Crippen LogP contribution in [-0.2, 0) is 14.3 Å². The van der Waals surface area contributed by atoms with Crippen LogP contribution in [0, 0.1) is 0 Å². The second kappa shape index (κ2) is 45.4. The molecule has 1 amide bonds. The maximum Gasteiger partial charge on any atom is 0.306 e. The summed E-state index contributed by atoms with van der Waals surface area (Å²) in [6.07, 6.45) is 56.8. The molecule has 6 nitrogen and oxygen atoms in total. The van der Waals surface area contributed by atoms with Crippen LogP contribution in [0.25, 0.3) is 0 Å². The van der Waals surface area contributed by atoms with Crippen LogP contribution in [0.5, 0.6) is 0 Å². The van der Waals surface area contributed by atoms with Gasteiger partial charge in [-0.15, -0.1) is 0 Å². The number of hydrogen-bond acceptors (Lipinski definition) is 5. The van der Waals surface area contributed by atoms with Crippen LogP contribution in [-0.4, -0.2) is 46.9 Å². The number of nitrogens with one attached hydrogen (secondary N) is 1. The van der Waals surface area contributed by atoms with Gasteiger partial charge in [0.05, 0.1) is 25.2 Å². The molecule has 0 saturated heterocycles. The lowest BCUT2D eigenvalue weighted by atomic mass is 10.0. The molecule has 0 fully saturated rings. The zero-order valence-electron chi connectivity index (χ0n) is 37.9. The number of allylic oxidation sites excluding steroid dienone is 12. The smallest absolute Gasteiger partial charge is 0.306 e. The van der Waals surface area contributed by atoms with Gasteiger partial charge in [-0.05, 0) is 64.2 Å². The molecule has 0 saturated carbocycles. The number of esters is 1. The predicted octanol–water partition coefficient (Wildman–Crippen LogP) is 14.2. The Morgan fingerprint density at radius 1 is 0.500 bits per heavy atom. The van der Waals surface area contributed by atoms with Crippen molar-refractivity contribution in [2.45, 2.75) is 238 Å². The van der Waals surface area contributed by atoms with Gasteiger partial charge in [-0.1, -0.05) is 216 Å². The largest absolute Gasteiger partial charge is 0.462 e. The molecule has 0 aliphatic rings. The third-order valence-electron chi connectivity index (χ3n) is 10.6. The first-order valence-electron chi connectivity index (χ1n) is 24.2. The number of aliphatic hydroxyl groups is 2. The van der Waals surface area contributed by atoms with E-state index in [1.165, 1.54) is 70.6 Å². The number of carbonyl (C=O) groups excluding carboxylic acids is 2. The zero-order valence-corrected chi connectivity index (χ0v) is 37.9. The molecule has 0 aromatic heterocycles. The van der Waals surface area contributed by atoms with Crippen molar-refractivity contribution >= 4 is 11.9 Å². The van der Waals surface area contributed by atoms with Crippen molar-refractivity contribution in [1.82, 2.24) is 5.32 Å². The average Bonchev–Trinajstić information content (AvgIpc) is 3.22. The summed E-state index contributed by atoms with van der Waals surface area (Å²) in [6.45, 7) is 6.30. The van der Waals surface area contributed by atoms with E-state index in [9.17, 15) is 19.8 Å². The summed E-state index contributed by atoms with van der Waals surface area (Å²) in [5.74, 6) is -0.526. The van der Waals surface area contributed by atoms with E-state index in [4.69, 9.17) is 4.74 Å². The van der Waals surface area contributed by atoms with Crippen LogP contribution in [0.15, 0.2) is 72.9 Å². The summed E-state index contributed by atoms with van der Waals surface area (Å²) in [5.41, 5.74) is 0. The average molecular weight is 810 g/mol. The van der Waals surface area contributed by atoms with E-state index in [0.29, 0.717) is 19.3 Å². The molecule has 0 aromatic carbocycles. The van der Waals surface area contributed by atoms with Crippen molar-refractivity contribution in [3.8, 4) is 0 Å². The first kappa shape index (κ1) is 55.3. The summed E-state index contributed by atoms with van der Waals surface area (Å²) in [6, 6.07) is -0.712. The van der Waals surface area contributed by atoms with Crippen LogP contribution >= 0.6 is 0 Å². The van der Waals surface area contributed by atoms with E-state index in [1.54, 1.807) is 0 Å². The molecule has 58 heavy (non-hydrogen) atoms. The van der Waals surface area contributed by atoms with Gasteiger partial charge in [0.15, 0.2) is 0 Å². The molecule has 3 atom stereocenters. The maximum atomic E-state index is 13.1. The SMILES string of the molecule is CCC/C=C\CCCCCC(CC(=O)NC(CO)C(O)CCCCCCCCCCCCCCC)OC(=O)CCCCCCC/C=C/C=C/C=C/C=C/C=C/CCC. The first-order valence-corrected chi connectivity index (χ1v) is 24.2. The Labute approximate surface area is 358 Å². The minimum Gasteiger partial charge on any atom is -0.462 e. The van der Waals surface area contributed by atoms with E-state index < -0.39 is 18.2 Å². The highest BCUT2D eigenvalue weighted by atomic mass is 16.5. The van der Waals surface area contributed by atoms with E-state index in [-0.39, 0.29) is 24.9 Å². The first-order chi connectivity index (χ1) is 28.5. The molecule has 0 aliphatic heterocycles. The molecule has 0 rings (SSSR count). The van der Waals surface area contributed by atoms with Crippen molar-refractivity contribution in [1.29, 1.82) is 0 Å². The van der Waals surface area contributed by atoms with Crippen molar-refractivity contribution in [3.05, 3.63) is 72.9 Å². The predicted molar refractivity (Wildman–Crippen MR) is 250 cm³/mol. The second-order valence-corrected chi connectivity index (χ2v) is 16.3. The van der Waals surface area contributed by atoms with Crippen LogP contribution in [0.3, 0.4) is 0 Å². The van der Waals surface area contributed by atoms with Gasteiger partial charge in [0, 0.05) is 6.42 Å². The molecule has 0 spiro atoms. The highest BCUT2D eigenvalue weighted by Gasteiger charge is 2.24. The molecule has 0 heterocycles. The summed E-state index contributed by atoms with van der Waals surface area (Å²) >= 11 is 0. The van der Waals surface area contributed by atoms with Gasteiger partial charge in [-0.3, -0.25) is 9.59 Å². The molecule has 0 radical (unpaired) electrons. The van der Waals surface area contributed by atoms with Gasteiger partial charge in [-0.25, -0.2) is 0 Å². The third-order valence-corrected chi connectivity index (χ3v) is 10.6.